The fourth-order valence-electron chi connectivity index (χ4n) is 0.354. The van der Waals surface area contributed by atoms with E-state index in [2.05, 4.69) is 38.7 Å². The van der Waals surface area contributed by atoms with Crippen molar-refractivity contribution in [3.63, 3.8) is 0 Å². The van der Waals surface area contributed by atoms with Gasteiger partial charge >= 0.3 is 41.0 Å². The van der Waals surface area contributed by atoms with Gasteiger partial charge in [0.05, 0.1) is 0 Å². The van der Waals surface area contributed by atoms with Crippen LogP contribution in [0.15, 0.2) is 0 Å². The molecule has 0 radical (unpaired) electrons. The maximum Gasteiger partial charge on any atom is 0.128 e. The first-order valence-electron chi connectivity index (χ1n) is 3.13. The number of rotatable bonds is 2. The van der Waals surface area contributed by atoms with Crippen molar-refractivity contribution < 1.29 is 17.1 Å². The molecule has 0 amide bonds. The molecular weight excluding hydrogens is 204 g/mol. The number of thiocarbonyl (C=S) groups is 1. The van der Waals surface area contributed by atoms with Gasteiger partial charge in [-0.05, 0) is 0 Å². The summed E-state index contributed by atoms with van der Waals surface area (Å²) in [7, 11) is 0. The third-order valence-corrected chi connectivity index (χ3v) is 3.67. The number of nitrogens with two attached hydrogens (primary N) is 1. The van der Waals surface area contributed by atoms with E-state index in [4.69, 9.17) is 5.73 Å². The van der Waals surface area contributed by atoms with E-state index >= 15 is 0 Å². The van der Waals surface area contributed by atoms with E-state index in [1.165, 1.54) is 10.0 Å². The van der Waals surface area contributed by atoms with E-state index < -0.39 is 0 Å². The number of thiol groups is 1. The average Bonchev–Trinajstić information content (AvgIpc) is 1.66. The summed E-state index contributed by atoms with van der Waals surface area (Å²) in [6, 6.07) is 0. The molecule has 0 atom stereocenters. The van der Waals surface area contributed by atoms with Crippen LogP contribution in [0.25, 0.3) is 0 Å². The molecule has 0 aromatic heterocycles. The first kappa shape index (κ1) is 12.5. The summed E-state index contributed by atoms with van der Waals surface area (Å²) >= 11 is 7.75. The molecule has 0 bridgehead atoms. The van der Waals surface area contributed by atoms with E-state index in [9.17, 15) is 0 Å². The van der Waals surface area contributed by atoms with Crippen LogP contribution in [-0.2, 0) is 17.1 Å². The van der Waals surface area contributed by atoms with E-state index in [0.717, 1.165) is 0 Å². The Labute approximate surface area is 75.8 Å². The summed E-state index contributed by atoms with van der Waals surface area (Å²) in [5.74, 6) is 0. The average molecular weight is 217 g/mol. The number of hydrogen-bond acceptors (Lipinski definition) is 1. The van der Waals surface area contributed by atoms with Crippen LogP contribution < -0.4 is 5.73 Å². The molecule has 1 nitrogen and oxygen atoms in total. The molecule has 0 spiro atoms. The molecule has 52 valence electrons. The summed E-state index contributed by atoms with van der Waals surface area (Å²) in [5.41, 5.74) is 4.71. The first-order valence-corrected chi connectivity index (χ1v) is 8.18. The predicted octanol–water partition coefficient (Wildman–Crippen LogP) is 2.11. The van der Waals surface area contributed by atoms with E-state index in [1.54, 1.807) is 0 Å². The van der Waals surface area contributed by atoms with Crippen LogP contribution in [0.2, 0.25) is 10.0 Å². The van der Waals surface area contributed by atoms with E-state index in [1.807, 2.05) is 0 Å². The molecule has 0 rings (SSSR count). The molecule has 0 fully saturated rings. The normalized spacial score (nSPS) is 6.56. The Balaban J connectivity index is 0. The SMILES string of the molecule is C[CH2][Zn][CH2]C.NC(=S)S. The van der Waals surface area contributed by atoms with Gasteiger partial charge in [0.15, 0.2) is 0 Å². The molecule has 0 aliphatic heterocycles. The second kappa shape index (κ2) is 11.6. The molecule has 0 unspecified atom stereocenters. The van der Waals surface area contributed by atoms with E-state index in [0.29, 0.717) is 0 Å². The smallest absolute Gasteiger partial charge is 0.128 e. The predicted molar refractivity (Wildman–Crippen MR) is 46.7 cm³/mol. The van der Waals surface area contributed by atoms with E-state index in [-0.39, 0.29) is 21.4 Å². The van der Waals surface area contributed by atoms with Crippen molar-refractivity contribution in [3.8, 4) is 0 Å². The quantitative estimate of drug-likeness (QED) is 0.420. The van der Waals surface area contributed by atoms with Crippen molar-refractivity contribution >= 4 is 29.2 Å². The first-order chi connectivity index (χ1) is 4.15. The minimum atomic E-state index is 0.0972. The Kier molecular flexibility index (Phi) is 16.2. The van der Waals surface area contributed by atoms with Crippen LogP contribution in [0.3, 0.4) is 0 Å². The van der Waals surface area contributed by atoms with Crippen molar-refractivity contribution in [3.05, 3.63) is 0 Å². The Morgan fingerprint density at radius 3 is 1.78 bits per heavy atom. The molecule has 0 aromatic rings. The van der Waals surface area contributed by atoms with Gasteiger partial charge < -0.3 is 5.73 Å². The van der Waals surface area contributed by atoms with Gasteiger partial charge in [-0.2, -0.15) is 0 Å². The minimum absolute atomic E-state index is 0.0972. The summed E-state index contributed by atoms with van der Waals surface area (Å²) in [6.45, 7) is 4.59. The summed E-state index contributed by atoms with van der Waals surface area (Å²) in [5, 5.41) is 3.06. The second-order valence-electron chi connectivity index (χ2n) is 1.69. The van der Waals surface area contributed by atoms with Crippen molar-refractivity contribution in [2.24, 2.45) is 5.73 Å². The monoisotopic (exact) mass is 215 g/mol. The van der Waals surface area contributed by atoms with Crippen LogP contribution >= 0.6 is 24.8 Å². The van der Waals surface area contributed by atoms with Gasteiger partial charge in [-0.1, -0.05) is 12.2 Å². The standard InChI is InChI=1S/2C2H5.CH3NS2.Zn/c2*1-2;2-1(3)4;/h2*1H2,2H3;(H3,2,3,4);. The zero-order valence-electron chi connectivity index (χ0n) is 6.05. The molecule has 0 aliphatic carbocycles. The van der Waals surface area contributed by atoms with Crippen molar-refractivity contribution in [1.29, 1.82) is 0 Å². The second-order valence-corrected chi connectivity index (χ2v) is 8.60. The van der Waals surface area contributed by atoms with Gasteiger partial charge in [0, 0.05) is 0 Å². The Bertz CT molecular complexity index is 62.0. The third kappa shape index (κ3) is 50.9. The van der Waals surface area contributed by atoms with Crippen molar-refractivity contribution in [1.82, 2.24) is 0 Å². The van der Waals surface area contributed by atoms with Gasteiger partial charge in [0.25, 0.3) is 0 Å². The molecule has 0 aliphatic rings. The molecule has 0 heterocycles. The molecular formula is C5H13NS2Zn. The van der Waals surface area contributed by atoms with Gasteiger partial charge in [-0.25, -0.2) is 0 Å². The van der Waals surface area contributed by atoms with Gasteiger partial charge in [0.2, 0.25) is 0 Å². The number of hydrogen-bond donors (Lipinski definition) is 2. The zero-order valence-corrected chi connectivity index (χ0v) is 10.7. The van der Waals surface area contributed by atoms with Gasteiger partial charge in [-0.15, -0.1) is 12.6 Å². The summed E-state index contributed by atoms with van der Waals surface area (Å²) in [4.78, 5) is 0. The Hall–Kier alpha value is 0.863. The zero-order chi connectivity index (χ0) is 7.70. The van der Waals surface area contributed by atoms with Gasteiger partial charge in [0.1, 0.15) is 4.32 Å². The fraction of sp³-hybridized carbons (Fsp3) is 0.800. The molecule has 0 saturated heterocycles. The molecule has 4 heteroatoms. The van der Waals surface area contributed by atoms with Crippen LogP contribution in [0.4, 0.5) is 0 Å². The largest absolute Gasteiger partial charge is 0.385 e. The fourth-order valence-corrected chi connectivity index (χ4v) is 1.84. The van der Waals surface area contributed by atoms with Crippen LogP contribution in [0.1, 0.15) is 13.8 Å². The summed E-state index contributed by atoms with van der Waals surface area (Å²) < 4.78 is 0.194. The maximum atomic E-state index is 4.71. The molecule has 0 aromatic carbocycles. The summed E-state index contributed by atoms with van der Waals surface area (Å²) in [6.07, 6.45) is 0. The van der Waals surface area contributed by atoms with Crippen LogP contribution in [-0.4, -0.2) is 4.32 Å². The minimum Gasteiger partial charge on any atom is -0.385 e. The molecule has 0 saturated carbocycles. The Morgan fingerprint density at radius 2 is 1.78 bits per heavy atom. The van der Waals surface area contributed by atoms with Crippen LogP contribution in [0.5, 0.6) is 0 Å². The van der Waals surface area contributed by atoms with Crippen LogP contribution in [0, 0.1) is 0 Å². The topological polar surface area (TPSA) is 26.0 Å². The Morgan fingerprint density at radius 1 is 1.56 bits per heavy atom. The molecule has 2 N–H and O–H groups in total. The third-order valence-electron chi connectivity index (χ3n) is 0.707. The molecule has 9 heavy (non-hydrogen) atoms. The van der Waals surface area contributed by atoms with Gasteiger partial charge in [-0.3, -0.25) is 0 Å². The van der Waals surface area contributed by atoms with Crippen molar-refractivity contribution in [2.45, 2.75) is 23.9 Å². The maximum absolute atomic E-state index is 4.71. The van der Waals surface area contributed by atoms with Crippen molar-refractivity contribution in [2.75, 3.05) is 0 Å².